The number of nitrogens with one attached hydrogen (secondary N) is 3. The highest BCUT2D eigenvalue weighted by atomic mass is 16.4. The Hall–Kier alpha value is -2.93. The van der Waals surface area contributed by atoms with Crippen molar-refractivity contribution in [2.24, 2.45) is 27.9 Å². The molecule has 0 fully saturated rings. The Labute approximate surface area is 181 Å². The monoisotopic (exact) mass is 444 g/mol. The zero-order valence-corrected chi connectivity index (χ0v) is 17.9. The molecule has 0 bridgehead atoms. The summed E-state index contributed by atoms with van der Waals surface area (Å²) in [6.07, 6.45) is 1.93. The van der Waals surface area contributed by atoms with Gasteiger partial charge in [-0.2, -0.15) is 0 Å². The molecule has 0 saturated carbocycles. The van der Waals surface area contributed by atoms with Gasteiger partial charge in [0.05, 0.1) is 0 Å². The van der Waals surface area contributed by atoms with Gasteiger partial charge in [0.15, 0.2) is 5.96 Å². The molecular weight excluding hydrogens is 408 g/mol. The van der Waals surface area contributed by atoms with E-state index in [9.17, 15) is 24.3 Å². The van der Waals surface area contributed by atoms with Crippen molar-refractivity contribution in [1.29, 1.82) is 0 Å². The molecule has 3 atom stereocenters. The fourth-order valence-corrected chi connectivity index (χ4v) is 2.60. The summed E-state index contributed by atoms with van der Waals surface area (Å²) < 4.78 is 0. The van der Waals surface area contributed by atoms with Gasteiger partial charge in [-0.3, -0.25) is 19.4 Å². The minimum atomic E-state index is -1.18. The van der Waals surface area contributed by atoms with Crippen LogP contribution in [0, 0.1) is 0 Å². The van der Waals surface area contributed by atoms with Gasteiger partial charge in [-0.05, 0) is 45.6 Å². The van der Waals surface area contributed by atoms with Crippen LogP contribution in [0.25, 0.3) is 0 Å². The minimum Gasteiger partial charge on any atom is -0.480 e. The van der Waals surface area contributed by atoms with Gasteiger partial charge in [0, 0.05) is 19.5 Å². The molecule has 0 aromatic rings. The molecule has 178 valence electrons. The predicted molar refractivity (Wildman–Crippen MR) is 116 cm³/mol. The van der Waals surface area contributed by atoms with Crippen molar-refractivity contribution in [2.45, 2.75) is 63.6 Å². The van der Waals surface area contributed by atoms with Crippen LogP contribution >= 0.6 is 0 Å². The summed E-state index contributed by atoms with van der Waals surface area (Å²) >= 11 is 0. The van der Waals surface area contributed by atoms with Gasteiger partial charge in [-0.1, -0.05) is 0 Å². The van der Waals surface area contributed by atoms with Crippen molar-refractivity contribution in [3.05, 3.63) is 0 Å². The second kappa shape index (κ2) is 15.8. The number of carboxylic acid groups (broad SMARTS) is 1. The van der Waals surface area contributed by atoms with Gasteiger partial charge in [-0.25, -0.2) is 4.79 Å². The molecule has 3 amide bonds. The summed E-state index contributed by atoms with van der Waals surface area (Å²) in [7, 11) is 0. The van der Waals surface area contributed by atoms with Crippen LogP contribution < -0.4 is 38.9 Å². The highest BCUT2D eigenvalue weighted by molar-refractivity contribution is 5.93. The fraction of sp³-hybridized carbons (Fsp3) is 0.722. The van der Waals surface area contributed by atoms with Gasteiger partial charge in [-0.15, -0.1) is 0 Å². The number of aliphatic imine (C=N–C) groups is 1. The van der Waals surface area contributed by atoms with Gasteiger partial charge in [0.1, 0.15) is 18.1 Å². The summed E-state index contributed by atoms with van der Waals surface area (Å²) in [5.41, 5.74) is 21.3. The van der Waals surface area contributed by atoms with E-state index in [4.69, 9.17) is 22.9 Å². The standard InChI is InChI=1S/C18H36N8O5/c1-11(24-14(27)7-9-20)15(28)25-12(6-4-10-23-18(21)22)16(29)26-13(17(30)31)5-2-3-8-19/h11-13H,2-10,19-20H2,1H3,(H,24,27)(H,25,28)(H,26,29)(H,30,31)(H4,21,22,23)/t11-,12-,13-/m0/s1. The Balaban J connectivity index is 5.13. The molecule has 0 spiro atoms. The van der Waals surface area contributed by atoms with Gasteiger partial charge in [0.25, 0.3) is 0 Å². The number of nitrogens with zero attached hydrogens (tertiary/aromatic N) is 1. The number of carbonyl (C=O) groups excluding carboxylic acids is 3. The second-order valence-electron chi connectivity index (χ2n) is 7.02. The molecule has 0 heterocycles. The maximum Gasteiger partial charge on any atom is 0.326 e. The number of hydrogen-bond donors (Lipinski definition) is 8. The molecule has 31 heavy (non-hydrogen) atoms. The first-order valence-corrected chi connectivity index (χ1v) is 10.2. The Morgan fingerprint density at radius 2 is 1.48 bits per heavy atom. The highest BCUT2D eigenvalue weighted by Crippen LogP contribution is 2.05. The van der Waals surface area contributed by atoms with E-state index in [0.29, 0.717) is 25.8 Å². The van der Waals surface area contributed by atoms with Crippen molar-refractivity contribution in [3.8, 4) is 0 Å². The van der Waals surface area contributed by atoms with E-state index in [2.05, 4.69) is 20.9 Å². The molecule has 13 heteroatoms. The molecule has 13 nitrogen and oxygen atoms in total. The van der Waals surface area contributed by atoms with Crippen LogP contribution in [0.5, 0.6) is 0 Å². The lowest BCUT2D eigenvalue weighted by atomic mass is 10.1. The molecule has 12 N–H and O–H groups in total. The smallest absolute Gasteiger partial charge is 0.326 e. The summed E-state index contributed by atoms with van der Waals surface area (Å²) in [4.78, 5) is 52.1. The highest BCUT2D eigenvalue weighted by Gasteiger charge is 2.27. The van der Waals surface area contributed by atoms with E-state index in [1.54, 1.807) is 0 Å². The maximum atomic E-state index is 12.7. The van der Waals surface area contributed by atoms with Crippen molar-refractivity contribution in [1.82, 2.24) is 16.0 Å². The van der Waals surface area contributed by atoms with Crippen LogP contribution in [-0.2, 0) is 19.2 Å². The number of nitrogens with two attached hydrogens (primary N) is 4. The summed E-state index contributed by atoms with van der Waals surface area (Å²) in [6, 6.07) is -3.06. The summed E-state index contributed by atoms with van der Waals surface area (Å²) in [5.74, 6) is -2.93. The van der Waals surface area contributed by atoms with E-state index in [-0.39, 0.29) is 38.3 Å². The molecule has 0 aromatic carbocycles. The van der Waals surface area contributed by atoms with Crippen molar-refractivity contribution >= 4 is 29.7 Å². The number of guanidine groups is 1. The van der Waals surface area contributed by atoms with Gasteiger partial charge >= 0.3 is 5.97 Å². The van der Waals surface area contributed by atoms with E-state index in [1.165, 1.54) is 6.92 Å². The van der Waals surface area contributed by atoms with Crippen LogP contribution in [0.15, 0.2) is 4.99 Å². The third-order valence-electron chi connectivity index (χ3n) is 4.28. The molecule has 0 aromatic heterocycles. The Morgan fingerprint density at radius 1 is 0.871 bits per heavy atom. The molecule has 0 aliphatic rings. The Bertz CT molecular complexity index is 624. The quantitative estimate of drug-likeness (QED) is 0.0689. The van der Waals surface area contributed by atoms with Crippen LogP contribution in [0.3, 0.4) is 0 Å². The lowest BCUT2D eigenvalue weighted by Crippen LogP contribution is -2.55. The third kappa shape index (κ3) is 13.1. The second-order valence-corrected chi connectivity index (χ2v) is 7.02. The number of amides is 3. The number of carboxylic acids is 1. The van der Waals surface area contributed by atoms with Crippen LogP contribution in [-0.4, -0.2) is 72.5 Å². The van der Waals surface area contributed by atoms with Crippen LogP contribution in [0.4, 0.5) is 0 Å². The topological polar surface area (TPSA) is 241 Å². The van der Waals surface area contributed by atoms with E-state index < -0.39 is 41.8 Å². The van der Waals surface area contributed by atoms with Crippen molar-refractivity contribution in [3.63, 3.8) is 0 Å². The predicted octanol–water partition coefficient (Wildman–Crippen LogP) is -2.92. The molecule has 0 radical (unpaired) electrons. The van der Waals surface area contributed by atoms with E-state index in [0.717, 1.165) is 0 Å². The van der Waals surface area contributed by atoms with E-state index >= 15 is 0 Å². The van der Waals surface area contributed by atoms with Crippen molar-refractivity contribution < 1.29 is 24.3 Å². The number of unbranched alkanes of at least 4 members (excludes halogenated alkanes) is 1. The average molecular weight is 445 g/mol. The molecule has 0 aliphatic carbocycles. The largest absolute Gasteiger partial charge is 0.480 e. The molecule has 0 rings (SSSR count). The Morgan fingerprint density at radius 3 is 2.03 bits per heavy atom. The lowest BCUT2D eigenvalue weighted by molar-refractivity contribution is -0.142. The first-order chi connectivity index (χ1) is 14.6. The number of carbonyl (C=O) groups is 4. The molecular formula is C18H36N8O5. The maximum absolute atomic E-state index is 12.7. The SMILES string of the molecule is C[C@H](NC(=O)CCN)C(=O)N[C@@H](CCCN=C(N)N)C(=O)N[C@@H](CCCCN)C(=O)O. The third-order valence-corrected chi connectivity index (χ3v) is 4.28. The average Bonchev–Trinajstić information content (AvgIpc) is 2.69. The molecule has 0 unspecified atom stereocenters. The van der Waals surface area contributed by atoms with Crippen LogP contribution in [0.1, 0.15) is 45.4 Å². The number of rotatable bonds is 16. The lowest BCUT2D eigenvalue weighted by Gasteiger charge is -2.23. The molecule has 0 saturated heterocycles. The normalized spacial score (nSPS) is 13.4. The Kier molecular flexibility index (Phi) is 14.4. The van der Waals surface area contributed by atoms with Gasteiger partial charge in [0.2, 0.25) is 17.7 Å². The zero-order chi connectivity index (χ0) is 23.8. The number of hydrogen-bond acceptors (Lipinski definition) is 7. The zero-order valence-electron chi connectivity index (χ0n) is 17.9. The summed E-state index contributed by atoms with van der Waals surface area (Å²) in [5, 5.41) is 16.8. The van der Waals surface area contributed by atoms with Crippen LogP contribution in [0.2, 0.25) is 0 Å². The molecule has 0 aliphatic heterocycles. The minimum absolute atomic E-state index is 0.0587. The first kappa shape index (κ1) is 28.1. The van der Waals surface area contributed by atoms with E-state index in [1.807, 2.05) is 0 Å². The van der Waals surface area contributed by atoms with Crippen molar-refractivity contribution in [2.75, 3.05) is 19.6 Å². The van der Waals surface area contributed by atoms with Gasteiger partial charge < -0.3 is 44.0 Å². The number of aliphatic carboxylic acids is 1. The fourth-order valence-electron chi connectivity index (χ4n) is 2.60. The summed E-state index contributed by atoms with van der Waals surface area (Å²) in [6.45, 7) is 2.24. The first-order valence-electron chi connectivity index (χ1n) is 10.2.